The van der Waals surface area contributed by atoms with E-state index in [0.29, 0.717) is 0 Å². The molecule has 0 radical (unpaired) electrons. The summed E-state index contributed by atoms with van der Waals surface area (Å²) >= 11 is 0. The molecule has 1 unspecified atom stereocenters. The minimum atomic E-state index is -4.62. The van der Waals surface area contributed by atoms with Gasteiger partial charge >= 0.3 is 12.2 Å². The zero-order chi connectivity index (χ0) is 25.4. The van der Waals surface area contributed by atoms with Crippen LogP contribution in [0.3, 0.4) is 0 Å². The molecule has 1 N–H and O–H groups in total. The van der Waals surface area contributed by atoms with Crippen LogP contribution < -0.4 is 10.2 Å². The zero-order valence-corrected chi connectivity index (χ0v) is 20.6. The van der Waals surface area contributed by atoms with Crippen molar-refractivity contribution in [3.63, 3.8) is 0 Å². The molecule has 3 rings (SSSR count). The zero-order valence-electron chi connectivity index (χ0n) is 18.8. The molecule has 0 saturated heterocycles. The Balaban J connectivity index is 0.00000432. The number of likely N-dealkylation sites (N-methyl/N-ethyl adjacent to an activating group) is 1. The third kappa shape index (κ3) is 5.24. The number of allylic oxidation sites excluding steroid dienone is 1. The van der Waals surface area contributed by atoms with Gasteiger partial charge in [0.2, 0.25) is 0 Å². The number of sulfone groups is 1. The van der Waals surface area contributed by atoms with Crippen LogP contribution in [0.25, 0.3) is 0 Å². The van der Waals surface area contributed by atoms with Crippen LogP contribution in [0.5, 0.6) is 0 Å². The molecule has 12 heteroatoms. The fourth-order valence-corrected chi connectivity index (χ4v) is 4.75. The minimum absolute atomic E-state index is 0. The van der Waals surface area contributed by atoms with E-state index in [0.717, 1.165) is 23.3 Å². The number of nitriles is 1. The van der Waals surface area contributed by atoms with E-state index in [1.54, 1.807) is 0 Å². The van der Waals surface area contributed by atoms with Gasteiger partial charge < -0.3 is 10.2 Å². The first-order chi connectivity index (χ1) is 15.8. The molecule has 0 aromatic heterocycles. The van der Waals surface area contributed by atoms with Crippen LogP contribution >= 0.6 is 13.5 Å². The van der Waals surface area contributed by atoms with Gasteiger partial charge in [-0.05, 0) is 42.8 Å². The quantitative estimate of drug-likeness (QED) is 0.482. The van der Waals surface area contributed by atoms with E-state index in [1.807, 2.05) is 6.07 Å². The van der Waals surface area contributed by atoms with E-state index in [4.69, 9.17) is 6.42 Å². The number of hydrogen-bond donors (Lipinski definition) is 1. The number of carbonyl (C=O) groups excluding carboxylic acids is 1. The van der Waals surface area contributed by atoms with Crippen LogP contribution in [-0.4, -0.2) is 32.7 Å². The summed E-state index contributed by atoms with van der Waals surface area (Å²) in [6, 6.07) is 10.7. The summed E-state index contributed by atoms with van der Waals surface area (Å²) in [5, 5.41) is 11.9. The lowest BCUT2D eigenvalue weighted by molar-refractivity contribution is -0.137. The van der Waals surface area contributed by atoms with Gasteiger partial charge in [0, 0.05) is 25.0 Å². The number of halogens is 3. The molecule has 7 nitrogen and oxygen atoms in total. The Morgan fingerprint density at radius 1 is 1.17 bits per heavy atom. The second-order valence-corrected chi connectivity index (χ2v) is 9.57. The molecule has 2 amide bonds. The lowest BCUT2D eigenvalue weighted by atomic mass is 9.97. The first-order valence-electron chi connectivity index (χ1n) is 9.72. The van der Waals surface area contributed by atoms with Crippen LogP contribution in [0.4, 0.5) is 23.7 Å². The maximum absolute atomic E-state index is 13.4. The molecule has 2 aromatic rings. The van der Waals surface area contributed by atoms with Crippen LogP contribution in [0.15, 0.2) is 58.8 Å². The smallest absolute Gasteiger partial charge is 0.315 e. The maximum Gasteiger partial charge on any atom is 0.416 e. The highest BCUT2D eigenvalue weighted by Gasteiger charge is 2.40. The number of hydrogen-bond acceptors (Lipinski definition) is 5. The highest BCUT2D eigenvalue weighted by atomic mass is 32.2. The first-order valence-corrected chi connectivity index (χ1v) is 11.6. The topological polar surface area (TPSA) is 93.5 Å². The van der Waals surface area contributed by atoms with E-state index in [9.17, 15) is 31.6 Å². The van der Waals surface area contributed by atoms with Crippen LogP contribution in [0.1, 0.15) is 29.7 Å². The number of alkyl halides is 3. The predicted molar refractivity (Wildman–Crippen MR) is 129 cm³/mol. The van der Waals surface area contributed by atoms with Crippen molar-refractivity contribution in [1.82, 2.24) is 10.2 Å². The molecular weight excluding hydrogens is 501 g/mol. The first kappa shape index (κ1) is 27.6. The fraction of sp³-hybridized carbons (Fsp3) is 0.217. The van der Waals surface area contributed by atoms with Gasteiger partial charge in [0.25, 0.3) is 0 Å². The van der Waals surface area contributed by atoms with Crippen molar-refractivity contribution in [2.45, 2.75) is 24.0 Å². The molecule has 0 bridgehead atoms. The number of rotatable bonds is 4. The lowest BCUT2D eigenvalue weighted by Gasteiger charge is -2.42. The summed E-state index contributed by atoms with van der Waals surface area (Å²) in [5.74, 6) is 0. The normalized spacial score (nSPS) is 16.3. The van der Waals surface area contributed by atoms with Crippen LogP contribution in [-0.2, 0) is 16.0 Å². The van der Waals surface area contributed by atoms with E-state index < -0.39 is 33.6 Å². The molecular formula is C23H21F3N4O3S2. The van der Waals surface area contributed by atoms with Gasteiger partial charge in [-0.25, -0.2) is 13.2 Å². The average Bonchev–Trinajstić information content (AvgIpc) is 2.76. The van der Waals surface area contributed by atoms with Gasteiger partial charge in [-0.3, -0.25) is 4.90 Å². The number of urea groups is 1. The molecule has 1 aliphatic heterocycles. The predicted octanol–water partition coefficient (Wildman–Crippen LogP) is 4.12. The standard InChI is InChI=1S/C23H19F3N4O3S.H2S/c1-5-28-20-14(2)30(17-8-6-7-16(12-17)23(24,25)26)22(31)29(3)21(20)18-10-9-15(13-27)11-19(18)34(4,32)33;/h1,6-12,21,28H,2-4H3;1H2. The SMILES string of the molecule is C#CNC1=C(C)N(c2cccc(C(F)(F)F)c2)C(=O)N(C)C1c1ccc(C#N)cc1S(C)(=O)=O.S. The van der Waals surface area contributed by atoms with Crippen molar-refractivity contribution in [2.75, 3.05) is 18.2 Å². The summed E-state index contributed by atoms with van der Waals surface area (Å²) in [4.78, 5) is 15.4. The van der Waals surface area contributed by atoms with Gasteiger partial charge in [0.1, 0.15) is 6.04 Å². The number of benzene rings is 2. The van der Waals surface area contributed by atoms with Crippen molar-refractivity contribution in [3.8, 4) is 18.5 Å². The maximum atomic E-state index is 13.4. The summed E-state index contributed by atoms with van der Waals surface area (Å²) in [5.41, 5.74) is -0.286. The molecule has 1 atom stereocenters. The number of anilines is 1. The number of nitrogens with one attached hydrogen (secondary N) is 1. The molecule has 184 valence electrons. The molecule has 0 fully saturated rings. The molecule has 0 saturated carbocycles. The van der Waals surface area contributed by atoms with Crippen molar-refractivity contribution >= 4 is 35.1 Å². The van der Waals surface area contributed by atoms with E-state index in [-0.39, 0.29) is 46.6 Å². The van der Waals surface area contributed by atoms with Crippen molar-refractivity contribution in [2.24, 2.45) is 0 Å². The number of nitrogens with zero attached hydrogens (tertiary/aromatic N) is 3. The van der Waals surface area contributed by atoms with Gasteiger partial charge in [-0.2, -0.15) is 31.9 Å². The Hall–Kier alpha value is -3.61. The van der Waals surface area contributed by atoms with Gasteiger partial charge in [-0.1, -0.05) is 18.6 Å². The average molecular weight is 523 g/mol. The van der Waals surface area contributed by atoms with E-state index >= 15 is 0 Å². The highest BCUT2D eigenvalue weighted by molar-refractivity contribution is 7.90. The summed E-state index contributed by atoms with van der Waals surface area (Å²) in [6.45, 7) is 1.49. The Morgan fingerprint density at radius 2 is 1.83 bits per heavy atom. The molecule has 35 heavy (non-hydrogen) atoms. The van der Waals surface area contributed by atoms with Crippen LogP contribution in [0, 0.1) is 23.8 Å². The van der Waals surface area contributed by atoms with Crippen molar-refractivity contribution < 1.29 is 26.4 Å². The highest BCUT2D eigenvalue weighted by Crippen LogP contribution is 2.40. The van der Waals surface area contributed by atoms with Crippen LogP contribution in [0.2, 0.25) is 0 Å². The summed E-state index contributed by atoms with van der Waals surface area (Å²) in [7, 11) is -2.45. The van der Waals surface area contributed by atoms with E-state index in [2.05, 4.69) is 11.4 Å². The monoisotopic (exact) mass is 522 g/mol. The van der Waals surface area contributed by atoms with Crippen molar-refractivity contribution in [1.29, 1.82) is 5.26 Å². The van der Waals surface area contributed by atoms with Gasteiger partial charge in [0.15, 0.2) is 9.84 Å². The minimum Gasteiger partial charge on any atom is -0.315 e. The largest absolute Gasteiger partial charge is 0.416 e. The number of amides is 2. The molecule has 0 aliphatic carbocycles. The third-order valence-corrected chi connectivity index (χ3v) is 6.51. The fourth-order valence-electron chi connectivity index (χ4n) is 3.80. The molecule has 0 spiro atoms. The Kier molecular flexibility index (Phi) is 7.85. The number of carbonyl (C=O) groups is 1. The summed E-state index contributed by atoms with van der Waals surface area (Å²) in [6.07, 6.45) is 1.80. The molecule has 1 aliphatic rings. The second kappa shape index (κ2) is 9.94. The van der Waals surface area contributed by atoms with Gasteiger partial charge in [0.05, 0.1) is 33.5 Å². The third-order valence-electron chi connectivity index (χ3n) is 5.35. The lowest BCUT2D eigenvalue weighted by Crippen LogP contribution is -2.50. The van der Waals surface area contributed by atoms with E-state index in [1.165, 1.54) is 49.2 Å². The Morgan fingerprint density at radius 3 is 2.37 bits per heavy atom. The summed E-state index contributed by atoms with van der Waals surface area (Å²) < 4.78 is 64.8. The molecule has 2 aromatic carbocycles. The van der Waals surface area contributed by atoms with Crippen molar-refractivity contribution in [3.05, 3.63) is 70.5 Å². The Labute approximate surface area is 208 Å². The second-order valence-electron chi connectivity index (χ2n) is 7.58. The Bertz CT molecular complexity index is 1390. The number of terminal acetylenes is 1. The van der Waals surface area contributed by atoms with Gasteiger partial charge in [-0.15, -0.1) is 0 Å². The molecule has 1 heterocycles.